The van der Waals surface area contributed by atoms with Crippen LogP contribution in [0.3, 0.4) is 0 Å². The Morgan fingerprint density at radius 2 is 2.14 bits per heavy atom. The number of amides is 1. The summed E-state index contributed by atoms with van der Waals surface area (Å²) in [4.78, 5) is 13.4. The van der Waals surface area contributed by atoms with Crippen molar-refractivity contribution in [3.05, 3.63) is 23.8 Å². The molecule has 1 saturated heterocycles. The van der Waals surface area contributed by atoms with Crippen molar-refractivity contribution in [1.82, 2.24) is 10.2 Å². The molecule has 1 aromatic rings. The summed E-state index contributed by atoms with van der Waals surface area (Å²) < 4.78 is 5.41. The average Bonchev–Trinajstić information content (AvgIpc) is 2.45. The lowest BCUT2D eigenvalue weighted by Crippen LogP contribution is -2.43. The Balaban J connectivity index is 1.91. The van der Waals surface area contributed by atoms with Gasteiger partial charge >= 0.3 is 0 Å². The SMILES string of the molecule is CCOc1cccc(CN2CCC(NC(C)=O)CC2)c1O. The number of carbonyl (C=O) groups is 1. The molecule has 1 aromatic carbocycles. The fourth-order valence-corrected chi connectivity index (χ4v) is 2.73. The number of ether oxygens (including phenoxy) is 1. The molecule has 0 bridgehead atoms. The first kappa shape index (κ1) is 15.6. The fraction of sp³-hybridized carbons (Fsp3) is 0.562. The van der Waals surface area contributed by atoms with Gasteiger partial charge in [0.25, 0.3) is 0 Å². The van der Waals surface area contributed by atoms with E-state index in [1.165, 1.54) is 0 Å². The molecule has 1 aliphatic heterocycles. The molecule has 0 aliphatic carbocycles. The van der Waals surface area contributed by atoms with Gasteiger partial charge in [0.2, 0.25) is 5.91 Å². The van der Waals surface area contributed by atoms with Crippen molar-refractivity contribution in [2.75, 3.05) is 19.7 Å². The third kappa shape index (κ3) is 4.36. The maximum Gasteiger partial charge on any atom is 0.217 e. The summed E-state index contributed by atoms with van der Waals surface area (Å²) >= 11 is 0. The predicted molar refractivity (Wildman–Crippen MR) is 81.4 cm³/mol. The second-order valence-electron chi connectivity index (χ2n) is 5.45. The zero-order chi connectivity index (χ0) is 15.2. The number of aromatic hydroxyl groups is 1. The third-order valence-electron chi connectivity index (χ3n) is 3.77. The van der Waals surface area contributed by atoms with E-state index >= 15 is 0 Å². The summed E-state index contributed by atoms with van der Waals surface area (Å²) in [6, 6.07) is 5.90. The Morgan fingerprint density at radius 3 is 2.76 bits per heavy atom. The highest BCUT2D eigenvalue weighted by atomic mass is 16.5. The van der Waals surface area contributed by atoms with Gasteiger partial charge in [-0.3, -0.25) is 9.69 Å². The van der Waals surface area contributed by atoms with Gasteiger partial charge in [0, 0.05) is 38.2 Å². The molecule has 0 radical (unpaired) electrons. The van der Waals surface area contributed by atoms with Crippen LogP contribution in [0, 0.1) is 0 Å². The topological polar surface area (TPSA) is 61.8 Å². The number of nitrogens with zero attached hydrogens (tertiary/aromatic N) is 1. The van der Waals surface area contributed by atoms with Gasteiger partial charge in [-0.2, -0.15) is 0 Å². The van der Waals surface area contributed by atoms with E-state index in [4.69, 9.17) is 4.74 Å². The number of benzene rings is 1. The Labute approximate surface area is 125 Å². The maximum atomic E-state index is 11.1. The molecule has 5 heteroatoms. The molecule has 0 unspecified atom stereocenters. The molecule has 116 valence electrons. The van der Waals surface area contributed by atoms with Gasteiger partial charge in [-0.1, -0.05) is 12.1 Å². The second kappa shape index (κ2) is 7.31. The van der Waals surface area contributed by atoms with Crippen molar-refractivity contribution in [3.8, 4) is 11.5 Å². The quantitative estimate of drug-likeness (QED) is 0.870. The summed E-state index contributed by atoms with van der Waals surface area (Å²) in [5.41, 5.74) is 0.888. The summed E-state index contributed by atoms with van der Waals surface area (Å²) in [6.07, 6.45) is 1.90. The van der Waals surface area contributed by atoms with Crippen molar-refractivity contribution in [2.45, 2.75) is 39.3 Å². The number of hydrogen-bond acceptors (Lipinski definition) is 4. The number of rotatable bonds is 5. The number of carbonyl (C=O) groups excluding carboxylic acids is 1. The molecule has 0 saturated carbocycles. The smallest absolute Gasteiger partial charge is 0.217 e. The van der Waals surface area contributed by atoms with Crippen LogP contribution < -0.4 is 10.1 Å². The van der Waals surface area contributed by atoms with Crippen LogP contribution >= 0.6 is 0 Å². The highest BCUT2D eigenvalue weighted by molar-refractivity contribution is 5.73. The first-order valence-corrected chi connectivity index (χ1v) is 7.53. The van der Waals surface area contributed by atoms with E-state index in [1.54, 1.807) is 13.0 Å². The van der Waals surface area contributed by atoms with E-state index < -0.39 is 0 Å². The third-order valence-corrected chi connectivity index (χ3v) is 3.77. The lowest BCUT2D eigenvalue weighted by Gasteiger charge is -2.32. The molecule has 0 aromatic heterocycles. The monoisotopic (exact) mass is 292 g/mol. The average molecular weight is 292 g/mol. The molecule has 1 heterocycles. The van der Waals surface area contributed by atoms with Crippen LogP contribution in [0.25, 0.3) is 0 Å². The van der Waals surface area contributed by atoms with Gasteiger partial charge < -0.3 is 15.2 Å². The Kier molecular flexibility index (Phi) is 5.44. The Bertz CT molecular complexity index is 482. The molecule has 0 spiro atoms. The molecule has 2 N–H and O–H groups in total. The van der Waals surface area contributed by atoms with E-state index in [0.717, 1.165) is 31.5 Å². The number of para-hydroxylation sites is 1. The largest absolute Gasteiger partial charge is 0.504 e. The molecule has 1 amide bonds. The van der Waals surface area contributed by atoms with Gasteiger partial charge in [-0.05, 0) is 25.8 Å². The van der Waals surface area contributed by atoms with E-state index in [1.807, 2.05) is 19.1 Å². The fourth-order valence-electron chi connectivity index (χ4n) is 2.73. The van der Waals surface area contributed by atoms with Crippen LogP contribution in [0.2, 0.25) is 0 Å². The van der Waals surface area contributed by atoms with Crippen molar-refractivity contribution in [1.29, 1.82) is 0 Å². The molecule has 1 fully saturated rings. The number of phenolic OH excluding ortho intramolecular Hbond substituents is 1. The number of phenols is 1. The highest BCUT2D eigenvalue weighted by Crippen LogP contribution is 2.31. The lowest BCUT2D eigenvalue weighted by atomic mass is 10.0. The van der Waals surface area contributed by atoms with Crippen LogP contribution in [-0.4, -0.2) is 41.7 Å². The van der Waals surface area contributed by atoms with E-state index in [0.29, 0.717) is 18.9 Å². The zero-order valence-electron chi connectivity index (χ0n) is 12.8. The normalized spacial score (nSPS) is 16.7. The molecule has 1 aliphatic rings. The number of nitrogens with one attached hydrogen (secondary N) is 1. The van der Waals surface area contributed by atoms with Crippen molar-refractivity contribution in [3.63, 3.8) is 0 Å². The highest BCUT2D eigenvalue weighted by Gasteiger charge is 2.20. The molecule has 21 heavy (non-hydrogen) atoms. The van der Waals surface area contributed by atoms with Crippen LogP contribution in [0.1, 0.15) is 32.3 Å². The minimum absolute atomic E-state index is 0.0375. The van der Waals surface area contributed by atoms with Crippen molar-refractivity contribution < 1.29 is 14.6 Å². The Hall–Kier alpha value is -1.75. The van der Waals surface area contributed by atoms with E-state index in [9.17, 15) is 9.90 Å². The first-order valence-electron chi connectivity index (χ1n) is 7.53. The lowest BCUT2D eigenvalue weighted by molar-refractivity contribution is -0.119. The number of hydrogen-bond donors (Lipinski definition) is 2. The Morgan fingerprint density at radius 1 is 1.43 bits per heavy atom. The summed E-state index contributed by atoms with van der Waals surface area (Å²) in [5.74, 6) is 0.821. The van der Waals surface area contributed by atoms with Gasteiger partial charge in [-0.25, -0.2) is 0 Å². The minimum atomic E-state index is 0.0375. The second-order valence-corrected chi connectivity index (χ2v) is 5.45. The summed E-state index contributed by atoms with van der Waals surface area (Å²) in [7, 11) is 0. The van der Waals surface area contributed by atoms with E-state index in [2.05, 4.69) is 10.2 Å². The van der Waals surface area contributed by atoms with E-state index in [-0.39, 0.29) is 17.7 Å². The molecular formula is C16H24N2O3. The van der Waals surface area contributed by atoms with Gasteiger partial charge in [0.15, 0.2) is 11.5 Å². The standard InChI is InChI=1S/C16H24N2O3/c1-3-21-15-6-4-5-13(16(15)20)11-18-9-7-14(8-10-18)17-12(2)19/h4-6,14,20H,3,7-11H2,1-2H3,(H,17,19). The van der Waals surface area contributed by atoms with Crippen molar-refractivity contribution in [2.24, 2.45) is 0 Å². The van der Waals surface area contributed by atoms with Crippen molar-refractivity contribution >= 4 is 5.91 Å². The van der Waals surface area contributed by atoms with Gasteiger partial charge in [-0.15, -0.1) is 0 Å². The first-order chi connectivity index (χ1) is 10.1. The van der Waals surface area contributed by atoms with Crippen LogP contribution in [0.4, 0.5) is 0 Å². The molecule has 2 rings (SSSR count). The van der Waals surface area contributed by atoms with Crippen LogP contribution in [0.5, 0.6) is 11.5 Å². The zero-order valence-corrected chi connectivity index (χ0v) is 12.8. The summed E-state index contributed by atoms with van der Waals surface area (Å²) in [5, 5.41) is 13.2. The van der Waals surface area contributed by atoms with Gasteiger partial charge in [0.05, 0.1) is 6.61 Å². The number of likely N-dealkylation sites (tertiary alicyclic amines) is 1. The summed E-state index contributed by atoms with van der Waals surface area (Å²) in [6.45, 7) is 6.55. The predicted octanol–water partition coefficient (Wildman–Crippen LogP) is 1.89. The number of piperidine rings is 1. The van der Waals surface area contributed by atoms with Gasteiger partial charge in [0.1, 0.15) is 0 Å². The maximum absolute atomic E-state index is 11.1. The van der Waals surface area contributed by atoms with Crippen LogP contribution in [-0.2, 0) is 11.3 Å². The molecular weight excluding hydrogens is 268 g/mol. The molecule has 5 nitrogen and oxygen atoms in total. The molecule has 0 atom stereocenters. The van der Waals surface area contributed by atoms with Crippen LogP contribution in [0.15, 0.2) is 18.2 Å². The minimum Gasteiger partial charge on any atom is -0.504 e.